The van der Waals surface area contributed by atoms with Gasteiger partial charge in [0.2, 0.25) is 0 Å². The summed E-state index contributed by atoms with van der Waals surface area (Å²) < 4.78 is 0. The predicted molar refractivity (Wildman–Crippen MR) is 94.0 cm³/mol. The van der Waals surface area contributed by atoms with E-state index in [0.29, 0.717) is 17.1 Å². The van der Waals surface area contributed by atoms with Crippen LogP contribution in [-0.4, -0.2) is 23.0 Å². The molecule has 2 heterocycles. The second-order valence-electron chi connectivity index (χ2n) is 7.61. The van der Waals surface area contributed by atoms with Gasteiger partial charge in [-0.1, -0.05) is 18.5 Å². The Labute approximate surface area is 147 Å². The molecule has 126 valence electrons. The van der Waals surface area contributed by atoms with E-state index >= 15 is 0 Å². The van der Waals surface area contributed by atoms with Crippen molar-refractivity contribution in [3.8, 4) is 6.07 Å². The Morgan fingerprint density at radius 2 is 2.04 bits per heavy atom. The smallest absolute Gasteiger partial charge is 0.318 e. The molecular formula is C19H22ClN3O. The maximum atomic E-state index is 12.6. The van der Waals surface area contributed by atoms with Gasteiger partial charge < -0.3 is 10.2 Å². The normalized spacial score (nSPS) is 33.9. The van der Waals surface area contributed by atoms with Crippen molar-refractivity contribution in [3.05, 3.63) is 28.8 Å². The van der Waals surface area contributed by atoms with E-state index in [4.69, 9.17) is 11.6 Å². The molecule has 1 aromatic carbocycles. The number of nitrogens with one attached hydrogen (secondary N) is 1. The molecule has 2 aliphatic heterocycles. The number of nitrogens with zero attached hydrogens (tertiary/aromatic N) is 2. The average Bonchev–Trinajstić information content (AvgIpc) is 2.49. The van der Waals surface area contributed by atoms with Crippen LogP contribution in [0.25, 0.3) is 0 Å². The zero-order valence-electron chi connectivity index (χ0n) is 13.8. The van der Waals surface area contributed by atoms with Crippen LogP contribution in [-0.2, 0) is 0 Å². The summed E-state index contributed by atoms with van der Waals surface area (Å²) in [4.78, 5) is 14.6. The lowest BCUT2D eigenvalue weighted by Crippen LogP contribution is -2.63. The third-order valence-electron chi connectivity index (χ3n) is 6.00. The molecule has 4 atom stereocenters. The molecule has 5 heteroatoms. The van der Waals surface area contributed by atoms with Crippen molar-refractivity contribution >= 4 is 23.3 Å². The topological polar surface area (TPSA) is 56.1 Å². The molecule has 4 nitrogen and oxygen atoms in total. The second-order valence-corrected chi connectivity index (χ2v) is 8.02. The fraction of sp³-hybridized carbons (Fsp3) is 0.579. The van der Waals surface area contributed by atoms with Crippen LogP contribution >= 0.6 is 11.6 Å². The van der Waals surface area contributed by atoms with Gasteiger partial charge in [-0.15, -0.1) is 0 Å². The van der Waals surface area contributed by atoms with Crippen molar-refractivity contribution in [2.75, 3.05) is 5.32 Å². The number of nitriles is 1. The molecule has 2 unspecified atom stereocenters. The number of anilines is 1. The summed E-state index contributed by atoms with van der Waals surface area (Å²) in [6, 6.07) is 8.79. The second kappa shape index (κ2) is 5.97. The highest BCUT2D eigenvalue weighted by Gasteiger charge is 2.46. The van der Waals surface area contributed by atoms with Gasteiger partial charge in [0.1, 0.15) is 0 Å². The first kappa shape index (κ1) is 15.8. The van der Waals surface area contributed by atoms with Gasteiger partial charge in [0.15, 0.2) is 0 Å². The standard InChI is InChI=1S/C19H22ClN3O/c1-11-6-14-9-15(7-11)23(14)19(24)22-13-3-5-18(20)17(8-13)16-4-2-12(16)10-21/h3,5,8,11-12,14-16H,2,4,6-7,9H2,1H3,(H,22,24)/t11?,12-,14?,15?,16-/m0/s1. The number of hydrogen-bond donors (Lipinski definition) is 1. The van der Waals surface area contributed by atoms with Gasteiger partial charge >= 0.3 is 6.03 Å². The first-order valence-corrected chi connectivity index (χ1v) is 9.23. The van der Waals surface area contributed by atoms with Crippen molar-refractivity contribution in [1.82, 2.24) is 4.90 Å². The number of urea groups is 1. The van der Waals surface area contributed by atoms with E-state index < -0.39 is 0 Å². The number of fused-ring (bicyclic) bond motifs is 2. The summed E-state index contributed by atoms with van der Waals surface area (Å²) in [5, 5.41) is 12.9. The maximum absolute atomic E-state index is 12.6. The van der Waals surface area contributed by atoms with Crippen LogP contribution in [0.15, 0.2) is 18.2 Å². The van der Waals surface area contributed by atoms with Crippen molar-refractivity contribution in [2.45, 2.75) is 57.0 Å². The number of carbonyl (C=O) groups excluding carboxylic acids is 1. The highest BCUT2D eigenvalue weighted by molar-refractivity contribution is 6.31. The number of carbonyl (C=O) groups is 1. The van der Waals surface area contributed by atoms with Crippen LogP contribution in [0.1, 0.15) is 50.5 Å². The quantitative estimate of drug-likeness (QED) is 0.841. The molecule has 0 radical (unpaired) electrons. The fourth-order valence-electron chi connectivity index (χ4n) is 4.60. The minimum absolute atomic E-state index is 0.00173. The lowest BCUT2D eigenvalue weighted by atomic mass is 9.71. The summed E-state index contributed by atoms with van der Waals surface area (Å²) in [5.41, 5.74) is 1.77. The molecule has 0 spiro atoms. The van der Waals surface area contributed by atoms with E-state index in [1.807, 2.05) is 23.1 Å². The van der Waals surface area contributed by atoms with Crippen LogP contribution in [0.4, 0.5) is 10.5 Å². The average molecular weight is 344 g/mol. The minimum Gasteiger partial charge on any atom is -0.318 e. The number of benzene rings is 1. The van der Waals surface area contributed by atoms with Gasteiger partial charge in [0.25, 0.3) is 0 Å². The molecule has 4 fully saturated rings. The zero-order valence-corrected chi connectivity index (χ0v) is 14.6. The highest BCUT2D eigenvalue weighted by atomic mass is 35.5. The summed E-state index contributed by atoms with van der Waals surface area (Å²) >= 11 is 6.32. The van der Waals surface area contributed by atoms with Crippen molar-refractivity contribution < 1.29 is 4.79 Å². The lowest BCUT2D eigenvalue weighted by Gasteiger charge is -2.54. The molecular weight excluding hydrogens is 322 g/mol. The first-order chi connectivity index (χ1) is 11.6. The van der Waals surface area contributed by atoms with Gasteiger partial charge in [0, 0.05) is 28.7 Å². The van der Waals surface area contributed by atoms with Crippen LogP contribution in [0.3, 0.4) is 0 Å². The Kier molecular flexibility index (Phi) is 3.92. The van der Waals surface area contributed by atoms with Gasteiger partial charge in [-0.2, -0.15) is 5.26 Å². The van der Waals surface area contributed by atoms with Gasteiger partial charge in [0.05, 0.1) is 12.0 Å². The SMILES string of the molecule is CC1CC2CC(C1)N2C(=O)Nc1ccc(Cl)c([C@H]2CC[C@H]2C#N)c1. The van der Waals surface area contributed by atoms with E-state index in [0.717, 1.165) is 49.3 Å². The minimum atomic E-state index is 0.00173. The van der Waals surface area contributed by atoms with Crippen molar-refractivity contribution in [2.24, 2.45) is 11.8 Å². The lowest BCUT2D eigenvalue weighted by molar-refractivity contribution is -0.00601. The molecule has 0 aromatic heterocycles. The molecule has 1 N–H and O–H groups in total. The van der Waals surface area contributed by atoms with Crippen molar-refractivity contribution in [1.29, 1.82) is 5.26 Å². The number of hydrogen-bond acceptors (Lipinski definition) is 2. The summed E-state index contributed by atoms with van der Waals surface area (Å²) in [5.74, 6) is 0.967. The van der Waals surface area contributed by atoms with E-state index in [1.54, 1.807) is 0 Å². The van der Waals surface area contributed by atoms with Gasteiger partial charge in [-0.3, -0.25) is 0 Å². The van der Waals surface area contributed by atoms with E-state index in [1.165, 1.54) is 0 Å². The maximum Gasteiger partial charge on any atom is 0.322 e. The summed E-state index contributed by atoms with van der Waals surface area (Å²) in [6.45, 7) is 2.27. The third-order valence-corrected chi connectivity index (χ3v) is 6.35. The number of rotatable bonds is 2. The van der Waals surface area contributed by atoms with Gasteiger partial charge in [-0.05, 0) is 61.8 Å². The van der Waals surface area contributed by atoms with Crippen LogP contribution in [0, 0.1) is 23.2 Å². The van der Waals surface area contributed by atoms with Crippen LogP contribution < -0.4 is 5.32 Å². The van der Waals surface area contributed by atoms with E-state index in [9.17, 15) is 10.1 Å². The van der Waals surface area contributed by atoms with Gasteiger partial charge in [-0.25, -0.2) is 4.79 Å². The van der Waals surface area contributed by atoms with E-state index in [-0.39, 0.29) is 17.9 Å². The molecule has 2 saturated heterocycles. The largest absolute Gasteiger partial charge is 0.322 e. The number of halogens is 1. The molecule has 2 saturated carbocycles. The Balaban J connectivity index is 1.47. The Bertz CT molecular complexity index is 701. The molecule has 2 amide bonds. The Hall–Kier alpha value is -1.73. The Morgan fingerprint density at radius 1 is 1.29 bits per heavy atom. The molecule has 24 heavy (non-hydrogen) atoms. The van der Waals surface area contributed by atoms with Crippen LogP contribution in [0.5, 0.6) is 0 Å². The monoisotopic (exact) mass is 343 g/mol. The molecule has 4 aliphatic rings. The number of amides is 2. The van der Waals surface area contributed by atoms with Crippen LogP contribution in [0.2, 0.25) is 5.02 Å². The third kappa shape index (κ3) is 2.56. The first-order valence-electron chi connectivity index (χ1n) is 8.85. The van der Waals surface area contributed by atoms with E-state index in [2.05, 4.69) is 18.3 Å². The Morgan fingerprint density at radius 3 is 2.67 bits per heavy atom. The molecule has 2 aliphatic carbocycles. The molecule has 5 rings (SSSR count). The fourth-order valence-corrected chi connectivity index (χ4v) is 4.86. The predicted octanol–water partition coefficient (Wildman–Crippen LogP) is 4.76. The zero-order chi connectivity index (χ0) is 16.8. The highest BCUT2D eigenvalue weighted by Crippen LogP contribution is 2.45. The summed E-state index contributed by atoms with van der Waals surface area (Å²) in [6.07, 6.45) is 5.30. The number of piperidine rings is 1. The van der Waals surface area contributed by atoms with Crippen molar-refractivity contribution in [3.63, 3.8) is 0 Å². The molecule has 2 bridgehead atoms. The summed E-state index contributed by atoms with van der Waals surface area (Å²) in [7, 11) is 0. The molecule has 1 aromatic rings.